The summed E-state index contributed by atoms with van der Waals surface area (Å²) in [4.78, 5) is 28.3. The third kappa shape index (κ3) is 5.46. The highest BCUT2D eigenvalue weighted by atomic mass is 16.5. The van der Waals surface area contributed by atoms with Gasteiger partial charge in [-0.15, -0.1) is 0 Å². The zero-order valence-electron chi connectivity index (χ0n) is 17.8. The molecule has 0 saturated heterocycles. The second-order valence-corrected chi connectivity index (χ2v) is 7.44. The molecule has 0 aliphatic carbocycles. The topological polar surface area (TPSA) is 69.4 Å². The average Bonchev–Trinajstić information content (AvgIpc) is 2.83. The Labute approximate surface area is 186 Å². The van der Waals surface area contributed by atoms with E-state index in [1.165, 1.54) is 0 Å². The number of rotatable bonds is 9. The molecule has 0 spiro atoms. The van der Waals surface area contributed by atoms with Gasteiger partial charge >= 0.3 is 11.9 Å². The van der Waals surface area contributed by atoms with Gasteiger partial charge in [0.15, 0.2) is 19.3 Å². The summed E-state index contributed by atoms with van der Waals surface area (Å²) < 4.78 is 12.6. The van der Waals surface area contributed by atoms with Crippen LogP contribution >= 0.6 is 0 Å². The van der Waals surface area contributed by atoms with Crippen molar-refractivity contribution in [1.29, 1.82) is 0 Å². The number of aromatic nitrogens is 2. The number of pyridine rings is 2. The summed E-state index contributed by atoms with van der Waals surface area (Å²) in [5, 5.41) is 2.18. The highest BCUT2D eigenvalue weighted by Gasteiger charge is 2.12. The van der Waals surface area contributed by atoms with E-state index in [1.54, 1.807) is 6.20 Å². The monoisotopic (exact) mass is 429 g/mol. The summed E-state index contributed by atoms with van der Waals surface area (Å²) in [5.41, 5.74) is 3.08. The molecule has 2 aromatic heterocycles. The predicted molar refractivity (Wildman–Crippen MR) is 121 cm³/mol. The predicted octanol–water partition coefficient (Wildman–Crippen LogP) is 3.78. The van der Waals surface area contributed by atoms with E-state index in [-0.39, 0.29) is 26.1 Å². The summed E-state index contributed by atoms with van der Waals surface area (Å²) in [5.74, 6) is -0.799. The highest BCUT2D eigenvalue weighted by molar-refractivity contribution is 5.82. The van der Waals surface area contributed by atoms with Crippen LogP contribution in [0.2, 0.25) is 0 Å². The summed E-state index contributed by atoms with van der Waals surface area (Å²) in [6.45, 7) is 1.07. The molecule has 0 fully saturated rings. The van der Waals surface area contributed by atoms with Crippen LogP contribution in [0.15, 0.2) is 79.1 Å². The van der Waals surface area contributed by atoms with Gasteiger partial charge in [-0.05, 0) is 29.8 Å². The van der Waals surface area contributed by atoms with Gasteiger partial charge in [0.2, 0.25) is 5.52 Å². The van der Waals surface area contributed by atoms with E-state index in [4.69, 9.17) is 9.47 Å². The normalized spacial score (nSPS) is 10.9. The highest BCUT2D eigenvalue weighted by Crippen LogP contribution is 2.16. The van der Waals surface area contributed by atoms with Crippen LogP contribution in [0.4, 0.5) is 0 Å². The molecule has 2 heterocycles. The molecule has 0 amide bonds. The second-order valence-electron chi connectivity index (χ2n) is 7.44. The first-order valence-electron chi connectivity index (χ1n) is 10.7. The number of hydrogen-bond donors (Lipinski definition) is 0. The Kier molecular flexibility index (Phi) is 7.02. The smallest absolute Gasteiger partial charge is 0.306 e. The maximum absolute atomic E-state index is 12.0. The van der Waals surface area contributed by atoms with E-state index < -0.39 is 11.9 Å². The number of nitrogens with zero attached hydrogens (tertiary/aromatic N) is 2. The fraction of sp³-hybridized carbons (Fsp3) is 0.231. The number of hydrogen-bond acceptors (Lipinski definition) is 5. The first-order valence-corrected chi connectivity index (χ1v) is 10.7. The number of carbonyl (C=O) groups excluding carboxylic acids is 2. The van der Waals surface area contributed by atoms with E-state index in [1.807, 2.05) is 77.5 Å². The van der Waals surface area contributed by atoms with Gasteiger partial charge in [0.25, 0.3) is 0 Å². The van der Waals surface area contributed by atoms with Crippen LogP contribution in [-0.2, 0) is 32.0 Å². The van der Waals surface area contributed by atoms with Crippen LogP contribution in [0.1, 0.15) is 18.4 Å². The minimum atomic E-state index is -0.400. The largest absolute Gasteiger partial charge is 0.465 e. The minimum Gasteiger partial charge on any atom is -0.465 e. The Hall–Kier alpha value is -3.80. The number of esters is 2. The lowest BCUT2D eigenvalue weighted by molar-refractivity contribution is -0.672. The van der Waals surface area contributed by atoms with Crippen LogP contribution in [0, 0.1) is 0 Å². The van der Waals surface area contributed by atoms with Gasteiger partial charge in [-0.25, -0.2) is 0 Å². The van der Waals surface area contributed by atoms with Crippen LogP contribution in [0.3, 0.4) is 0 Å². The number of para-hydroxylation sites is 2. The Balaban J connectivity index is 1.17. The van der Waals surface area contributed by atoms with E-state index in [9.17, 15) is 9.59 Å². The molecule has 0 saturated carbocycles. The average molecular weight is 429 g/mol. The minimum absolute atomic E-state index is 0.0111. The number of benzene rings is 2. The van der Waals surface area contributed by atoms with Crippen molar-refractivity contribution < 1.29 is 23.6 Å². The molecule has 0 atom stereocenters. The molecule has 4 rings (SSSR count). The van der Waals surface area contributed by atoms with Gasteiger partial charge in [-0.2, -0.15) is 4.57 Å². The lowest BCUT2D eigenvalue weighted by Crippen LogP contribution is -2.36. The molecule has 0 radical (unpaired) electrons. The van der Waals surface area contributed by atoms with E-state index in [0.29, 0.717) is 13.0 Å². The molecule has 162 valence electrons. The molecule has 32 heavy (non-hydrogen) atoms. The zero-order chi connectivity index (χ0) is 22.2. The number of fused-ring (bicyclic) bond motifs is 2. The maximum atomic E-state index is 12.0. The van der Waals surface area contributed by atoms with Gasteiger partial charge in [-0.1, -0.05) is 30.3 Å². The van der Waals surface area contributed by atoms with E-state index in [2.05, 4.69) is 4.98 Å². The van der Waals surface area contributed by atoms with Crippen LogP contribution in [-0.4, -0.2) is 30.1 Å². The van der Waals surface area contributed by atoms with E-state index in [0.717, 1.165) is 27.4 Å². The quantitative estimate of drug-likeness (QED) is 0.299. The van der Waals surface area contributed by atoms with Gasteiger partial charge < -0.3 is 9.47 Å². The van der Waals surface area contributed by atoms with Crippen molar-refractivity contribution in [3.63, 3.8) is 0 Å². The molecular weight excluding hydrogens is 404 g/mol. The standard InChI is InChI=1S/C26H25N2O4/c29-25(31-18-14-20-13-15-27-23-9-3-2-8-22(20)23)11-12-26(30)32-19-17-28-16-5-7-21-6-1-4-10-24(21)28/h1-10,13,15-16H,11-12,14,17-19H2/q+1. The molecule has 0 N–H and O–H groups in total. The molecule has 2 aromatic carbocycles. The van der Waals surface area contributed by atoms with Crippen molar-refractivity contribution in [2.45, 2.75) is 25.8 Å². The van der Waals surface area contributed by atoms with Crippen molar-refractivity contribution in [3.05, 3.63) is 84.7 Å². The summed E-state index contributed by atoms with van der Waals surface area (Å²) in [6, 6.07) is 21.8. The third-order valence-corrected chi connectivity index (χ3v) is 5.29. The summed E-state index contributed by atoms with van der Waals surface area (Å²) in [6.07, 6.45) is 4.33. The molecule has 6 nitrogen and oxygen atoms in total. The Morgan fingerprint density at radius 2 is 1.53 bits per heavy atom. The fourth-order valence-corrected chi connectivity index (χ4v) is 3.67. The van der Waals surface area contributed by atoms with Crippen molar-refractivity contribution in [2.24, 2.45) is 0 Å². The van der Waals surface area contributed by atoms with Crippen molar-refractivity contribution in [1.82, 2.24) is 4.98 Å². The van der Waals surface area contributed by atoms with Crippen LogP contribution in [0.25, 0.3) is 21.8 Å². The van der Waals surface area contributed by atoms with Gasteiger partial charge in [0.1, 0.15) is 0 Å². The SMILES string of the molecule is O=C(CCC(=O)OCC[n+]1cccc2ccccc21)OCCc1ccnc2ccccc12. The number of carbonyl (C=O) groups is 2. The summed E-state index contributed by atoms with van der Waals surface area (Å²) >= 11 is 0. The van der Waals surface area contributed by atoms with Gasteiger partial charge in [0, 0.05) is 35.5 Å². The lowest BCUT2D eigenvalue weighted by Gasteiger charge is -2.07. The molecule has 0 aliphatic rings. The third-order valence-electron chi connectivity index (χ3n) is 5.29. The Morgan fingerprint density at radius 1 is 0.812 bits per heavy atom. The maximum Gasteiger partial charge on any atom is 0.306 e. The fourth-order valence-electron chi connectivity index (χ4n) is 3.67. The zero-order valence-corrected chi connectivity index (χ0v) is 17.8. The molecule has 0 unspecified atom stereocenters. The van der Waals surface area contributed by atoms with E-state index >= 15 is 0 Å². The van der Waals surface area contributed by atoms with Crippen molar-refractivity contribution in [3.8, 4) is 0 Å². The molecule has 0 bridgehead atoms. The molecule has 0 aliphatic heterocycles. The number of ether oxygens (including phenoxy) is 2. The second kappa shape index (κ2) is 10.5. The first-order chi connectivity index (χ1) is 15.7. The molecule has 6 heteroatoms. The Bertz CT molecular complexity index is 1130. The summed E-state index contributed by atoms with van der Waals surface area (Å²) in [7, 11) is 0. The van der Waals surface area contributed by atoms with Crippen molar-refractivity contribution >= 4 is 33.7 Å². The van der Waals surface area contributed by atoms with Gasteiger partial charge in [0.05, 0.1) is 25.0 Å². The van der Waals surface area contributed by atoms with Crippen LogP contribution in [0.5, 0.6) is 0 Å². The first kappa shape index (κ1) is 21.4. The van der Waals surface area contributed by atoms with Crippen LogP contribution < -0.4 is 4.57 Å². The van der Waals surface area contributed by atoms with Gasteiger partial charge in [-0.3, -0.25) is 14.6 Å². The van der Waals surface area contributed by atoms with Crippen molar-refractivity contribution in [2.75, 3.05) is 13.2 Å². The molecule has 4 aromatic rings. The Morgan fingerprint density at radius 3 is 2.41 bits per heavy atom. The lowest BCUT2D eigenvalue weighted by atomic mass is 10.1. The molecular formula is C26H25N2O4+.